The second-order valence-corrected chi connectivity index (χ2v) is 23.7. The molecule has 1 aromatic carbocycles. The number of carbonyl (C=O) groups is 2. The molecule has 4 saturated heterocycles. The van der Waals surface area contributed by atoms with Crippen LogP contribution < -0.4 is 0 Å². The highest BCUT2D eigenvalue weighted by Gasteiger charge is 2.81. The zero-order valence-electron chi connectivity index (χ0n) is 47.1. The minimum atomic E-state index is -2.05. The van der Waals surface area contributed by atoms with Crippen molar-refractivity contribution < 1.29 is 96.7 Å². The third-order valence-electron chi connectivity index (χ3n) is 19.7. The Labute approximate surface area is 458 Å². The van der Waals surface area contributed by atoms with Gasteiger partial charge in [-0.1, -0.05) is 48.9 Å². The number of aliphatic hydroxyl groups excluding tert-OH is 2. The van der Waals surface area contributed by atoms with Gasteiger partial charge in [0, 0.05) is 59.7 Å². The van der Waals surface area contributed by atoms with Crippen LogP contribution in [0, 0.1) is 16.7 Å². The lowest BCUT2D eigenvalue weighted by Gasteiger charge is -2.67. The lowest BCUT2D eigenvalue weighted by molar-refractivity contribution is -0.356. The molecule has 25 atom stereocenters. The van der Waals surface area contributed by atoms with Crippen LogP contribution in [0.25, 0.3) is 6.08 Å². The molecule has 4 heterocycles. The maximum atomic E-state index is 13.6. The third-order valence-corrected chi connectivity index (χ3v) is 19.7. The van der Waals surface area contributed by atoms with Gasteiger partial charge >= 0.3 is 5.97 Å². The number of carbonyl (C=O) groups excluding carboxylic acids is 2. The van der Waals surface area contributed by atoms with E-state index in [0.717, 1.165) is 11.1 Å². The maximum Gasteiger partial charge on any atom is 0.331 e. The summed E-state index contributed by atoms with van der Waals surface area (Å²) in [5.74, 6) is -1.82. The first-order chi connectivity index (χ1) is 37.0. The topological polar surface area (TPSA) is 255 Å². The first-order valence-corrected chi connectivity index (χ1v) is 28.0. The van der Waals surface area contributed by atoms with E-state index in [1.165, 1.54) is 20.1 Å². The molecule has 0 bridgehead atoms. The zero-order valence-corrected chi connectivity index (χ0v) is 47.1. The first-order valence-electron chi connectivity index (χ1n) is 28.0. The Morgan fingerprint density at radius 3 is 1.74 bits per heavy atom. The van der Waals surface area contributed by atoms with Gasteiger partial charge in [-0.05, 0) is 104 Å². The van der Waals surface area contributed by atoms with Crippen molar-refractivity contribution in [3.05, 3.63) is 53.6 Å². The maximum absolute atomic E-state index is 13.6. The van der Waals surface area contributed by atoms with Crippen LogP contribution >= 0.6 is 0 Å². The number of ketones is 1. The molecule has 1 aromatic rings. The molecule has 3 saturated carbocycles. The lowest BCUT2D eigenvalue weighted by atomic mass is 9.42. The smallest absolute Gasteiger partial charge is 0.331 e. The van der Waals surface area contributed by atoms with Crippen molar-refractivity contribution in [3.8, 4) is 0 Å². The Morgan fingerprint density at radius 1 is 0.654 bits per heavy atom. The average Bonchev–Trinajstić information content (AvgIpc) is 3.72. The van der Waals surface area contributed by atoms with Gasteiger partial charge in [-0.15, -0.1) is 0 Å². The number of rotatable bonds is 16. The van der Waals surface area contributed by atoms with Crippen LogP contribution in [-0.4, -0.2) is 199 Å². The van der Waals surface area contributed by atoms with E-state index >= 15 is 0 Å². The standard InChI is InChI=1S/C58H86O20/c1-30-47(61)52(69-11)48(62)53(73-30)78-51-33(4)72-46(28-40(51)68-10)77-50-32(3)71-45(27-39(50)67-9)76-49-31(2)70-44(26-38(49)66-8)74-37-20-21-54(6)36(25-37)19-22-57(64)41(54)29-42(75-43(60)18-17-35-15-13-12-14-16-35)55(7)56(63,34(5)59)23-24-58(55,57)65/h12-19,30-33,37-42,44-53,61-65H,20-29H2,1-11H3/b18-17+/t30-,31-,32-,33-,37+,38+,39+,40-,41-,42-,44+,45+,46+,47+,48-,49-,50-,51-,52+,53+,54+,55-,56-,57+,58-/m1/s1. The van der Waals surface area contributed by atoms with Gasteiger partial charge in [0.15, 0.2) is 30.9 Å². The van der Waals surface area contributed by atoms with Crippen molar-refractivity contribution in [2.45, 2.75) is 246 Å². The van der Waals surface area contributed by atoms with E-state index in [1.807, 2.05) is 57.2 Å². The van der Waals surface area contributed by atoms with Crippen LogP contribution in [0.3, 0.4) is 0 Å². The summed E-state index contributed by atoms with van der Waals surface area (Å²) < 4.78 is 81.0. The van der Waals surface area contributed by atoms with E-state index in [1.54, 1.807) is 41.3 Å². The molecule has 9 rings (SSSR count). The van der Waals surface area contributed by atoms with E-state index in [4.69, 9.17) is 61.6 Å². The number of Topliss-reactive ketones (excluding diaryl/α,β-unsaturated/α-hetero) is 1. The minimum Gasteiger partial charge on any atom is -0.458 e. The Balaban J connectivity index is 0.810. The van der Waals surface area contributed by atoms with Crippen LogP contribution in [0.15, 0.2) is 48.1 Å². The van der Waals surface area contributed by atoms with Gasteiger partial charge < -0.3 is 87.1 Å². The summed E-state index contributed by atoms with van der Waals surface area (Å²) in [6.07, 6.45) is -5.13. The molecule has 5 N–H and O–H groups in total. The normalized spacial score (nSPS) is 48.6. The van der Waals surface area contributed by atoms with E-state index < -0.39 is 156 Å². The fourth-order valence-electron chi connectivity index (χ4n) is 15.0. The van der Waals surface area contributed by atoms with E-state index in [2.05, 4.69) is 6.92 Å². The molecule has 4 aliphatic heterocycles. The fourth-order valence-corrected chi connectivity index (χ4v) is 15.0. The molecule has 0 unspecified atom stereocenters. The average molecular weight is 1100 g/mol. The van der Waals surface area contributed by atoms with E-state index in [9.17, 15) is 35.1 Å². The summed E-state index contributed by atoms with van der Waals surface area (Å²) >= 11 is 0. The van der Waals surface area contributed by atoms with Gasteiger partial charge in [0.2, 0.25) is 0 Å². The molecule has 438 valence electrons. The highest BCUT2D eigenvalue weighted by molar-refractivity contribution is 5.88. The summed E-state index contributed by atoms with van der Waals surface area (Å²) in [5.41, 5.74) is -6.29. The zero-order chi connectivity index (χ0) is 56.3. The van der Waals surface area contributed by atoms with Crippen LogP contribution in [-0.2, 0) is 71.2 Å². The van der Waals surface area contributed by atoms with Crippen LogP contribution in [0.2, 0.25) is 0 Å². The number of aliphatic hydroxyl groups is 5. The molecule has 7 fully saturated rings. The van der Waals surface area contributed by atoms with Crippen molar-refractivity contribution in [2.75, 3.05) is 28.4 Å². The summed E-state index contributed by atoms with van der Waals surface area (Å²) in [6.45, 7) is 12.3. The van der Waals surface area contributed by atoms with Crippen molar-refractivity contribution in [1.82, 2.24) is 0 Å². The number of methoxy groups -OCH3 is 4. The highest BCUT2D eigenvalue weighted by Crippen LogP contribution is 2.71. The highest BCUT2D eigenvalue weighted by atomic mass is 16.8. The van der Waals surface area contributed by atoms with Gasteiger partial charge in [-0.3, -0.25) is 4.79 Å². The molecule has 4 aliphatic carbocycles. The number of esters is 1. The molecule has 78 heavy (non-hydrogen) atoms. The van der Waals surface area contributed by atoms with Crippen molar-refractivity contribution >= 4 is 17.8 Å². The number of benzene rings is 1. The predicted molar refractivity (Wildman–Crippen MR) is 277 cm³/mol. The molecule has 0 amide bonds. The lowest BCUT2D eigenvalue weighted by Crippen LogP contribution is -2.78. The summed E-state index contributed by atoms with van der Waals surface area (Å²) in [7, 11) is 6.24. The Bertz CT molecular complexity index is 2300. The summed E-state index contributed by atoms with van der Waals surface area (Å²) in [5, 5.41) is 59.5. The predicted octanol–water partition coefficient (Wildman–Crippen LogP) is 4.21. The molecule has 0 aromatic heterocycles. The number of hydrogen-bond donors (Lipinski definition) is 5. The fraction of sp³-hybridized carbons (Fsp3) is 0.793. The number of ether oxygens (including phenoxy) is 13. The number of hydrogen-bond acceptors (Lipinski definition) is 20. The van der Waals surface area contributed by atoms with Crippen molar-refractivity contribution in [2.24, 2.45) is 16.7 Å². The van der Waals surface area contributed by atoms with Gasteiger partial charge in [-0.25, -0.2) is 4.79 Å². The molecule has 0 radical (unpaired) electrons. The van der Waals surface area contributed by atoms with E-state index in [0.29, 0.717) is 38.5 Å². The van der Waals surface area contributed by atoms with Gasteiger partial charge in [0.05, 0.1) is 54.2 Å². The van der Waals surface area contributed by atoms with Crippen LogP contribution in [0.4, 0.5) is 0 Å². The third kappa shape index (κ3) is 10.5. The Kier molecular flexibility index (Phi) is 18.0. The molecule has 20 heteroatoms. The summed E-state index contributed by atoms with van der Waals surface area (Å²) in [6, 6.07) is 9.29. The molecule has 20 nitrogen and oxygen atoms in total. The summed E-state index contributed by atoms with van der Waals surface area (Å²) in [4.78, 5) is 27.0. The van der Waals surface area contributed by atoms with Crippen molar-refractivity contribution in [1.29, 1.82) is 0 Å². The first kappa shape index (κ1) is 59.8. The SMILES string of the molecule is CO[C@H]1[C@@H](O)[C@@H](C)O[C@@H](O[C@@H]2[C@@H](C)O[C@@H](O[C@H]3[C@@H](OC)C[C@H](O[C@H]4[C@@H](OC)C[C@H](O[C@H]5CC[C@@]6(C)C(=CC[C@]7(O)[C@@H]6C[C@@H](OC(=O)/C=C/c6ccccc6)[C@@]6(C)[C@]7(O)CC[C@@]6(O)C(C)=O)C5)O[C@@H]4C)O[C@@H]3C)C[C@H]2OC)[C@@H]1O. The molecular formula is C58H86O20. The largest absolute Gasteiger partial charge is 0.458 e. The van der Waals surface area contributed by atoms with Crippen molar-refractivity contribution in [3.63, 3.8) is 0 Å². The quantitative estimate of drug-likeness (QED) is 0.0883. The second kappa shape index (κ2) is 23.4. The monoisotopic (exact) mass is 1100 g/mol. The van der Waals surface area contributed by atoms with E-state index in [-0.39, 0.29) is 31.8 Å². The van der Waals surface area contributed by atoms with Gasteiger partial charge in [-0.2, -0.15) is 0 Å². The Morgan fingerprint density at radius 2 is 1.21 bits per heavy atom. The Hall–Kier alpha value is -2.84. The molecule has 8 aliphatic rings. The van der Waals surface area contributed by atoms with Gasteiger partial charge in [0.1, 0.15) is 59.5 Å². The number of fused-ring (bicyclic) bond motifs is 5. The molecular weight excluding hydrogens is 1020 g/mol. The van der Waals surface area contributed by atoms with Crippen LogP contribution in [0.5, 0.6) is 0 Å². The van der Waals surface area contributed by atoms with Gasteiger partial charge in [0.25, 0.3) is 0 Å². The minimum absolute atomic E-state index is 0.0552. The second-order valence-electron chi connectivity index (χ2n) is 23.7. The molecule has 0 spiro atoms. The van der Waals surface area contributed by atoms with Crippen LogP contribution in [0.1, 0.15) is 118 Å².